The highest BCUT2D eigenvalue weighted by Gasteiger charge is 2.18. The summed E-state index contributed by atoms with van der Waals surface area (Å²) >= 11 is 0. The van der Waals surface area contributed by atoms with Gasteiger partial charge in [0, 0.05) is 24.8 Å². The van der Waals surface area contributed by atoms with Gasteiger partial charge in [-0.05, 0) is 37.5 Å². The Balaban J connectivity index is 1.84. The number of aromatic nitrogens is 2. The Morgan fingerprint density at radius 2 is 1.71 bits per heavy atom. The Labute approximate surface area is 166 Å². The lowest BCUT2D eigenvalue weighted by atomic mass is 10.1. The average Bonchev–Trinajstić information content (AvgIpc) is 2.72. The van der Waals surface area contributed by atoms with Crippen LogP contribution >= 0.6 is 0 Å². The molecule has 3 aromatic rings. The number of amides is 1. The van der Waals surface area contributed by atoms with Crippen LogP contribution in [0.15, 0.2) is 60.7 Å². The third-order valence-corrected chi connectivity index (χ3v) is 4.60. The lowest BCUT2D eigenvalue weighted by molar-refractivity contribution is 0.0746. The first-order valence-corrected chi connectivity index (χ1v) is 9.64. The molecule has 1 N–H and O–H groups in total. The molecule has 28 heavy (non-hydrogen) atoms. The fraction of sp³-hybridized carbons (Fsp3) is 0.261. The number of anilines is 2. The van der Waals surface area contributed by atoms with Crippen LogP contribution in [0.3, 0.4) is 0 Å². The minimum absolute atomic E-state index is 0.0938. The molecule has 0 atom stereocenters. The van der Waals surface area contributed by atoms with Gasteiger partial charge < -0.3 is 10.2 Å². The monoisotopic (exact) mass is 374 g/mol. The van der Waals surface area contributed by atoms with E-state index in [9.17, 15) is 4.79 Å². The van der Waals surface area contributed by atoms with Crippen LogP contribution in [0, 0.1) is 6.92 Å². The van der Waals surface area contributed by atoms with Gasteiger partial charge in [0.05, 0.1) is 0 Å². The van der Waals surface area contributed by atoms with Crippen LogP contribution in [-0.2, 0) is 13.0 Å². The van der Waals surface area contributed by atoms with Gasteiger partial charge in [-0.3, -0.25) is 4.79 Å². The fourth-order valence-corrected chi connectivity index (χ4v) is 3.12. The maximum absolute atomic E-state index is 13.1. The second-order valence-electron chi connectivity index (χ2n) is 6.63. The predicted octanol–water partition coefficient (Wildman–Crippen LogP) is 4.75. The first kappa shape index (κ1) is 19.5. The van der Waals surface area contributed by atoms with Crippen molar-refractivity contribution in [3.63, 3.8) is 0 Å². The molecule has 0 saturated carbocycles. The van der Waals surface area contributed by atoms with Crippen molar-refractivity contribution in [1.82, 2.24) is 14.9 Å². The number of carbonyl (C=O) groups is 1. The number of hydrogen-bond donors (Lipinski definition) is 1. The van der Waals surface area contributed by atoms with Gasteiger partial charge >= 0.3 is 0 Å². The minimum Gasteiger partial charge on any atom is -0.340 e. The second kappa shape index (κ2) is 9.13. The number of aryl methyl sites for hydroxylation is 2. The van der Waals surface area contributed by atoms with Crippen molar-refractivity contribution in [1.29, 1.82) is 0 Å². The smallest absolute Gasteiger partial charge is 0.272 e. The lowest BCUT2D eigenvalue weighted by Gasteiger charge is -2.21. The van der Waals surface area contributed by atoms with E-state index in [2.05, 4.69) is 28.3 Å². The molecular formula is C23H26N4O. The molecule has 1 heterocycles. The van der Waals surface area contributed by atoms with Crippen molar-refractivity contribution in [3.8, 4) is 0 Å². The van der Waals surface area contributed by atoms with E-state index in [0.29, 0.717) is 30.4 Å². The van der Waals surface area contributed by atoms with E-state index in [1.54, 1.807) is 17.9 Å². The van der Waals surface area contributed by atoms with Crippen molar-refractivity contribution in [3.05, 3.63) is 83.3 Å². The van der Waals surface area contributed by atoms with Crippen molar-refractivity contribution >= 4 is 17.4 Å². The molecule has 5 heteroatoms. The third-order valence-electron chi connectivity index (χ3n) is 4.60. The SMILES string of the molecule is CCc1ccccc1Nc1cc(C(=O)N(CC)Cc2ccccc2)nc(C)n1. The molecule has 1 amide bonds. The molecule has 144 valence electrons. The molecule has 0 spiro atoms. The summed E-state index contributed by atoms with van der Waals surface area (Å²) in [4.78, 5) is 23.7. The van der Waals surface area contributed by atoms with Crippen molar-refractivity contribution < 1.29 is 4.79 Å². The average molecular weight is 374 g/mol. The topological polar surface area (TPSA) is 58.1 Å². The minimum atomic E-state index is -0.0938. The lowest BCUT2D eigenvalue weighted by Crippen LogP contribution is -2.31. The van der Waals surface area contributed by atoms with E-state index >= 15 is 0 Å². The molecule has 1 aromatic heterocycles. The van der Waals surface area contributed by atoms with Crippen LogP contribution in [0.5, 0.6) is 0 Å². The number of benzene rings is 2. The molecule has 3 rings (SSSR count). The van der Waals surface area contributed by atoms with Crippen molar-refractivity contribution in [2.75, 3.05) is 11.9 Å². The Morgan fingerprint density at radius 1 is 1.00 bits per heavy atom. The number of hydrogen-bond acceptors (Lipinski definition) is 4. The zero-order valence-corrected chi connectivity index (χ0v) is 16.6. The van der Waals surface area contributed by atoms with E-state index in [4.69, 9.17) is 0 Å². The molecule has 0 aliphatic heterocycles. The van der Waals surface area contributed by atoms with Gasteiger partial charge in [0.2, 0.25) is 0 Å². The van der Waals surface area contributed by atoms with Crippen LogP contribution in [-0.4, -0.2) is 27.3 Å². The van der Waals surface area contributed by atoms with E-state index in [-0.39, 0.29) is 5.91 Å². The molecule has 0 radical (unpaired) electrons. The number of nitrogens with one attached hydrogen (secondary N) is 1. The summed E-state index contributed by atoms with van der Waals surface area (Å²) in [6, 6.07) is 19.8. The molecular weight excluding hydrogens is 348 g/mol. The molecule has 5 nitrogen and oxygen atoms in total. The molecule has 2 aromatic carbocycles. The van der Waals surface area contributed by atoms with Crippen LogP contribution in [0.25, 0.3) is 0 Å². The van der Waals surface area contributed by atoms with Gasteiger partial charge in [0.15, 0.2) is 0 Å². The van der Waals surface area contributed by atoms with Crippen LogP contribution in [0.2, 0.25) is 0 Å². The quantitative estimate of drug-likeness (QED) is 0.648. The van der Waals surface area contributed by atoms with Gasteiger partial charge in [-0.1, -0.05) is 55.5 Å². The normalized spacial score (nSPS) is 10.5. The van der Waals surface area contributed by atoms with Gasteiger partial charge in [0.25, 0.3) is 5.91 Å². The molecule has 0 saturated heterocycles. The number of nitrogens with zero attached hydrogens (tertiary/aromatic N) is 3. The Bertz CT molecular complexity index is 940. The molecule has 0 aliphatic rings. The Kier molecular flexibility index (Phi) is 6.37. The third kappa shape index (κ3) is 4.74. The summed E-state index contributed by atoms with van der Waals surface area (Å²) in [7, 11) is 0. The molecule has 0 aliphatic carbocycles. The summed E-state index contributed by atoms with van der Waals surface area (Å²) in [5, 5.41) is 3.34. The van der Waals surface area contributed by atoms with Gasteiger partial charge in [-0.2, -0.15) is 0 Å². The zero-order chi connectivity index (χ0) is 19.9. The fourth-order valence-electron chi connectivity index (χ4n) is 3.12. The maximum Gasteiger partial charge on any atom is 0.272 e. The first-order valence-electron chi connectivity index (χ1n) is 9.64. The van der Waals surface area contributed by atoms with E-state index in [1.165, 1.54) is 5.56 Å². The number of rotatable bonds is 7. The molecule has 0 fully saturated rings. The highest BCUT2D eigenvalue weighted by Crippen LogP contribution is 2.21. The van der Waals surface area contributed by atoms with Crippen molar-refractivity contribution in [2.45, 2.75) is 33.7 Å². The Hall–Kier alpha value is -3.21. The second-order valence-corrected chi connectivity index (χ2v) is 6.63. The predicted molar refractivity (Wildman–Crippen MR) is 113 cm³/mol. The zero-order valence-electron chi connectivity index (χ0n) is 16.6. The van der Waals surface area contributed by atoms with Crippen LogP contribution in [0.1, 0.15) is 41.3 Å². The highest BCUT2D eigenvalue weighted by molar-refractivity contribution is 5.93. The maximum atomic E-state index is 13.1. The van der Waals surface area contributed by atoms with E-state index < -0.39 is 0 Å². The summed E-state index contributed by atoms with van der Waals surface area (Å²) < 4.78 is 0. The van der Waals surface area contributed by atoms with Gasteiger partial charge in [-0.15, -0.1) is 0 Å². The number of carbonyl (C=O) groups excluding carboxylic acids is 1. The number of para-hydroxylation sites is 1. The Morgan fingerprint density at radius 3 is 2.43 bits per heavy atom. The van der Waals surface area contributed by atoms with E-state index in [1.807, 2.05) is 55.5 Å². The van der Waals surface area contributed by atoms with Gasteiger partial charge in [0.1, 0.15) is 17.3 Å². The van der Waals surface area contributed by atoms with Gasteiger partial charge in [-0.25, -0.2) is 9.97 Å². The summed E-state index contributed by atoms with van der Waals surface area (Å²) in [6.45, 7) is 7.06. The van der Waals surface area contributed by atoms with E-state index in [0.717, 1.165) is 17.7 Å². The summed E-state index contributed by atoms with van der Waals surface area (Å²) in [5.74, 6) is 1.11. The van der Waals surface area contributed by atoms with Crippen molar-refractivity contribution in [2.24, 2.45) is 0 Å². The van der Waals surface area contributed by atoms with Crippen LogP contribution < -0.4 is 5.32 Å². The molecule has 0 bridgehead atoms. The first-order chi connectivity index (χ1) is 13.6. The summed E-state index contributed by atoms with van der Waals surface area (Å²) in [5.41, 5.74) is 3.70. The van der Waals surface area contributed by atoms with Crippen LogP contribution in [0.4, 0.5) is 11.5 Å². The standard InChI is InChI=1S/C23H26N4O/c1-4-19-13-9-10-14-20(19)26-22-15-21(24-17(3)25-22)23(28)27(5-2)16-18-11-7-6-8-12-18/h6-15H,4-5,16H2,1-3H3,(H,24,25,26). The highest BCUT2D eigenvalue weighted by atomic mass is 16.2. The molecule has 0 unspecified atom stereocenters. The summed E-state index contributed by atoms with van der Waals surface area (Å²) in [6.07, 6.45) is 0.916. The largest absolute Gasteiger partial charge is 0.340 e.